The van der Waals surface area contributed by atoms with E-state index in [1.54, 1.807) is 101 Å². The molecule has 282 valence electrons. The van der Waals surface area contributed by atoms with Crippen LogP contribution in [0.5, 0.6) is 0 Å². The maximum absolute atomic E-state index is 12.8. The van der Waals surface area contributed by atoms with E-state index in [4.69, 9.17) is 20.9 Å². The van der Waals surface area contributed by atoms with Crippen LogP contribution in [0.15, 0.2) is 94.3 Å². The molecular weight excluding hydrogens is 729 g/mol. The number of amides is 2. The first-order chi connectivity index (χ1) is 26.0. The molecule has 0 saturated heterocycles. The molecule has 14 nitrogen and oxygen atoms in total. The summed E-state index contributed by atoms with van der Waals surface area (Å²) in [5, 5.41) is 0. The third kappa shape index (κ3) is 11.9. The van der Waals surface area contributed by atoms with Crippen LogP contribution in [0, 0.1) is 13.8 Å². The number of hydrogen-bond donors (Lipinski definition) is 2. The highest BCUT2D eigenvalue weighted by atomic mass is 33.1. The van der Waals surface area contributed by atoms with Crippen molar-refractivity contribution in [2.45, 2.75) is 53.6 Å². The van der Waals surface area contributed by atoms with Gasteiger partial charge in [0.1, 0.15) is 23.3 Å². The molecule has 2 aromatic heterocycles. The summed E-state index contributed by atoms with van der Waals surface area (Å²) < 4.78 is 11.2. The number of allylic oxidation sites excluding steroid dienone is 2. The van der Waals surface area contributed by atoms with E-state index in [0.29, 0.717) is 67.9 Å². The minimum absolute atomic E-state index is 0.0102. The molecule has 4 aromatic rings. The molecule has 4 rings (SSSR count). The van der Waals surface area contributed by atoms with Crippen LogP contribution in [0.4, 0.5) is 11.6 Å². The van der Waals surface area contributed by atoms with Gasteiger partial charge in [0.15, 0.2) is 0 Å². The van der Waals surface area contributed by atoms with Gasteiger partial charge in [-0.2, -0.15) is 0 Å². The van der Waals surface area contributed by atoms with E-state index in [9.17, 15) is 19.2 Å². The number of carbonyl (C=O) groups is 4. The van der Waals surface area contributed by atoms with Crippen molar-refractivity contribution in [2.24, 2.45) is 0 Å². The van der Waals surface area contributed by atoms with Crippen LogP contribution in [0.3, 0.4) is 0 Å². The number of nitrogen functional groups attached to an aromatic ring is 2. The van der Waals surface area contributed by atoms with Crippen LogP contribution in [0.2, 0.25) is 0 Å². The molecule has 0 unspecified atom stereocenters. The van der Waals surface area contributed by atoms with Gasteiger partial charge in [0.05, 0.1) is 37.4 Å². The lowest BCUT2D eigenvalue weighted by molar-refractivity contribution is -0.117. The van der Waals surface area contributed by atoms with E-state index in [2.05, 4.69) is 19.9 Å². The Labute approximate surface area is 321 Å². The summed E-state index contributed by atoms with van der Waals surface area (Å²) in [6.07, 6.45) is 5.01. The molecule has 0 saturated carbocycles. The second-order valence-corrected chi connectivity index (χ2v) is 14.1. The zero-order chi connectivity index (χ0) is 39.0. The Morgan fingerprint density at radius 3 is 1.37 bits per heavy atom. The van der Waals surface area contributed by atoms with Gasteiger partial charge in [0, 0.05) is 57.6 Å². The van der Waals surface area contributed by atoms with E-state index in [1.165, 1.54) is 31.4 Å². The maximum atomic E-state index is 12.8. The lowest BCUT2D eigenvalue weighted by atomic mass is 10.2. The average molecular weight is 771 g/mol. The molecule has 2 amide bonds. The molecule has 0 bridgehead atoms. The Morgan fingerprint density at radius 2 is 1.04 bits per heavy atom. The van der Waals surface area contributed by atoms with Gasteiger partial charge in [-0.25, -0.2) is 29.5 Å². The molecule has 0 fully saturated rings. The highest BCUT2D eigenvalue weighted by Gasteiger charge is 2.20. The summed E-state index contributed by atoms with van der Waals surface area (Å²) >= 11 is 0. The Balaban J connectivity index is 1.64. The fourth-order valence-corrected chi connectivity index (χ4v) is 7.72. The molecule has 2 aromatic carbocycles. The van der Waals surface area contributed by atoms with E-state index < -0.39 is 11.9 Å². The van der Waals surface area contributed by atoms with Crippen LogP contribution in [0.25, 0.3) is 0 Å². The van der Waals surface area contributed by atoms with Crippen LogP contribution in [0.1, 0.15) is 70.2 Å². The van der Waals surface area contributed by atoms with Gasteiger partial charge in [-0.1, -0.05) is 58.0 Å². The van der Waals surface area contributed by atoms with Crippen molar-refractivity contribution in [3.05, 3.63) is 128 Å². The molecule has 16 heteroatoms. The first-order valence-electron chi connectivity index (χ1n) is 16.8. The molecule has 54 heavy (non-hydrogen) atoms. The number of esters is 2. The summed E-state index contributed by atoms with van der Waals surface area (Å²) in [4.78, 5) is 71.8. The van der Waals surface area contributed by atoms with Crippen molar-refractivity contribution in [1.29, 1.82) is 0 Å². The van der Waals surface area contributed by atoms with Gasteiger partial charge in [0.25, 0.3) is 0 Å². The Hall–Kier alpha value is -5.74. The molecule has 0 spiro atoms. The average Bonchev–Trinajstić information content (AvgIpc) is 3.17. The Kier molecular flexibility index (Phi) is 15.6. The Bertz CT molecular complexity index is 1850. The Morgan fingerprint density at radius 1 is 0.667 bits per heavy atom. The molecule has 0 radical (unpaired) electrons. The fourth-order valence-electron chi connectivity index (χ4n) is 4.88. The molecule has 0 aliphatic heterocycles. The number of carbonyl (C=O) groups excluding carboxylic acids is 4. The first-order valence-corrected chi connectivity index (χ1v) is 18.9. The minimum atomic E-state index is -0.486. The SMILES string of the molecule is C/C(=C(/CCOC(=O)c1ccccc1)SS/C(CCOC(=O)c1ccccc1)=C(\C)N(C=O)Cc1cnc(C)nc1N)N(C=O)Cc1cnc(C)nc1N. The van der Waals surface area contributed by atoms with Crippen molar-refractivity contribution < 1.29 is 28.7 Å². The molecule has 4 N–H and O–H groups in total. The van der Waals surface area contributed by atoms with Crippen LogP contribution >= 0.6 is 21.6 Å². The lowest BCUT2D eigenvalue weighted by Gasteiger charge is -2.24. The largest absolute Gasteiger partial charge is 0.462 e. The monoisotopic (exact) mass is 770 g/mol. The van der Waals surface area contributed by atoms with Crippen LogP contribution in [-0.4, -0.2) is 67.7 Å². The smallest absolute Gasteiger partial charge is 0.338 e. The molecule has 0 aliphatic rings. The summed E-state index contributed by atoms with van der Waals surface area (Å²) in [6, 6.07) is 17.3. The van der Waals surface area contributed by atoms with E-state index in [0.717, 1.165) is 0 Å². The van der Waals surface area contributed by atoms with E-state index >= 15 is 0 Å². The molecular formula is C38H42N8O6S2. The summed E-state index contributed by atoms with van der Waals surface area (Å²) in [7, 11) is 2.64. The van der Waals surface area contributed by atoms with Crippen molar-refractivity contribution in [3.63, 3.8) is 0 Å². The fraction of sp³-hybridized carbons (Fsp3) is 0.263. The highest BCUT2D eigenvalue weighted by Crippen LogP contribution is 2.43. The second-order valence-electron chi connectivity index (χ2n) is 11.8. The number of rotatable bonds is 19. The summed E-state index contributed by atoms with van der Waals surface area (Å²) in [6.45, 7) is 7.19. The van der Waals surface area contributed by atoms with Gasteiger partial charge >= 0.3 is 11.9 Å². The highest BCUT2D eigenvalue weighted by molar-refractivity contribution is 8.79. The van der Waals surface area contributed by atoms with Crippen molar-refractivity contribution in [1.82, 2.24) is 29.7 Å². The van der Waals surface area contributed by atoms with Crippen molar-refractivity contribution in [2.75, 3.05) is 24.7 Å². The number of benzene rings is 2. The quantitative estimate of drug-likeness (QED) is 0.0639. The standard InChI is InChI=1S/C38H42N8O6S2/c1-25(45(23-47)21-31-19-41-27(3)43-35(31)39)33(15-17-51-37(49)29-11-7-5-8-12-29)53-54-34(16-18-52-38(50)30-13-9-6-10-14-30)26(2)46(24-48)22-32-20-42-28(4)44-36(32)40/h5-14,19-20,23-24H,15-18,21-22H2,1-4H3,(H2,39,41,43)(H2,40,42,44)/b33-25+,34-26+. The minimum Gasteiger partial charge on any atom is -0.462 e. The number of aryl methyl sites for hydroxylation is 2. The predicted octanol–water partition coefficient (Wildman–Crippen LogP) is 6.00. The number of aromatic nitrogens is 4. The van der Waals surface area contributed by atoms with Crippen molar-refractivity contribution in [3.8, 4) is 0 Å². The number of anilines is 2. The van der Waals surface area contributed by atoms with Gasteiger partial charge in [0.2, 0.25) is 12.8 Å². The van der Waals surface area contributed by atoms with E-state index in [-0.39, 0.29) is 50.8 Å². The van der Waals surface area contributed by atoms with Crippen molar-refractivity contribution >= 4 is 58.0 Å². The maximum Gasteiger partial charge on any atom is 0.338 e. The molecule has 2 heterocycles. The van der Waals surface area contributed by atoms with Gasteiger partial charge in [-0.15, -0.1) is 0 Å². The predicted molar refractivity (Wildman–Crippen MR) is 209 cm³/mol. The van der Waals surface area contributed by atoms with Gasteiger partial charge < -0.3 is 30.7 Å². The topological polar surface area (TPSA) is 197 Å². The number of nitrogens with two attached hydrogens (primary N) is 2. The summed E-state index contributed by atoms with van der Waals surface area (Å²) in [5.41, 5.74) is 15.4. The normalized spacial score (nSPS) is 11.9. The number of ether oxygens (including phenoxy) is 2. The molecule has 0 atom stereocenters. The number of nitrogens with zero attached hydrogens (tertiary/aromatic N) is 6. The second kappa shape index (κ2) is 20.5. The third-order valence-corrected chi connectivity index (χ3v) is 11.0. The van der Waals surface area contributed by atoms with Crippen LogP contribution in [-0.2, 0) is 32.2 Å². The zero-order valence-electron chi connectivity index (χ0n) is 30.4. The lowest BCUT2D eigenvalue weighted by Crippen LogP contribution is -2.22. The van der Waals surface area contributed by atoms with Gasteiger partial charge in [-0.3, -0.25) is 9.59 Å². The zero-order valence-corrected chi connectivity index (χ0v) is 32.1. The summed E-state index contributed by atoms with van der Waals surface area (Å²) in [5.74, 6) is 0.531. The van der Waals surface area contributed by atoms with Gasteiger partial charge in [-0.05, 0) is 52.0 Å². The first kappa shape index (κ1) is 41.0. The van der Waals surface area contributed by atoms with E-state index in [1.807, 2.05) is 0 Å². The van der Waals surface area contributed by atoms with Crippen LogP contribution < -0.4 is 11.5 Å². The third-order valence-electron chi connectivity index (χ3n) is 8.03. The molecule has 0 aliphatic carbocycles. The number of hydrogen-bond acceptors (Lipinski definition) is 14.